The van der Waals surface area contributed by atoms with Crippen LogP contribution in [-0.4, -0.2) is 21.5 Å². The smallest absolute Gasteiger partial charge is 0.427 e. The molecule has 96 valence electrons. The lowest BCUT2D eigenvalue weighted by Gasteiger charge is -2.18. The van der Waals surface area contributed by atoms with E-state index in [1.165, 1.54) is 4.73 Å². The quantitative estimate of drug-likeness (QED) is 0.580. The van der Waals surface area contributed by atoms with Crippen molar-refractivity contribution in [1.29, 1.82) is 0 Å². The highest BCUT2D eigenvalue weighted by molar-refractivity contribution is 14.1. The zero-order valence-corrected chi connectivity index (χ0v) is 12.5. The molecule has 0 N–H and O–H groups in total. The van der Waals surface area contributed by atoms with Crippen LogP contribution in [0.15, 0.2) is 24.5 Å². The van der Waals surface area contributed by atoms with Crippen LogP contribution >= 0.6 is 22.6 Å². The van der Waals surface area contributed by atoms with Gasteiger partial charge in [-0.25, -0.2) is 9.78 Å². The fraction of sp³-hybridized carbons (Fsp3) is 0.333. The molecule has 6 heteroatoms. The normalized spacial score (nSPS) is 11.6. The van der Waals surface area contributed by atoms with Crippen LogP contribution in [0.25, 0.3) is 11.0 Å². The van der Waals surface area contributed by atoms with Crippen LogP contribution in [-0.2, 0) is 4.74 Å². The molecule has 0 fully saturated rings. The Labute approximate surface area is 118 Å². The van der Waals surface area contributed by atoms with Gasteiger partial charge in [0.1, 0.15) is 5.60 Å². The molecule has 5 nitrogen and oxygen atoms in total. The van der Waals surface area contributed by atoms with Crippen LogP contribution in [0.5, 0.6) is 0 Å². The standard InChI is InChI=1S/C12H13IN2O3/c1-12(2,3)17-11(16)18-15-7-9(13)8-5-4-6-14-10(8)15/h4-7H,1-3H3. The SMILES string of the molecule is CC(C)(C)OC(=O)On1cc(I)c2cccnc21. The monoisotopic (exact) mass is 360 g/mol. The fourth-order valence-electron chi connectivity index (χ4n) is 1.41. The van der Waals surface area contributed by atoms with Crippen LogP contribution in [0.3, 0.4) is 0 Å². The molecule has 0 saturated heterocycles. The van der Waals surface area contributed by atoms with E-state index < -0.39 is 11.8 Å². The molecule has 2 rings (SSSR count). The van der Waals surface area contributed by atoms with Crippen molar-refractivity contribution in [1.82, 2.24) is 9.71 Å². The number of hydrogen-bond donors (Lipinski definition) is 0. The topological polar surface area (TPSA) is 53.4 Å². The molecule has 2 heterocycles. The summed E-state index contributed by atoms with van der Waals surface area (Å²) in [7, 11) is 0. The second-order valence-corrected chi connectivity index (χ2v) is 5.90. The van der Waals surface area contributed by atoms with Gasteiger partial charge in [0.25, 0.3) is 0 Å². The van der Waals surface area contributed by atoms with Crippen molar-refractivity contribution in [2.24, 2.45) is 0 Å². The first-order chi connectivity index (χ1) is 8.37. The van der Waals surface area contributed by atoms with Gasteiger partial charge in [-0.05, 0) is 55.5 Å². The lowest BCUT2D eigenvalue weighted by atomic mass is 10.2. The van der Waals surface area contributed by atoms with Crippen molar-refractivity contribution in [2.75, 3.05) is 0 Å². The van der Waals surface area contributed by atoms with Gasteiger partial charge in [-0.3, -0.25) is 4.84 Å². The molecule has 2 aromatic heterocycles. The van der Waals surface area contributed by atoms with E-state index in [-0.39, 0.29) is 0 Å². The number of halogens is 1. The summed E-state index contributed by atoms with van der Waals surface area (Å²) in [6, 6.07) is 3.75. The molecule has 0 bridgehead atoms. The van der Waals surface area contributed by atoms with Crippen molar-refractivity contribution in [3.05, 3.63) is 28.1 Å². The van der Waals surface area contributed by atoms with E-state index in [0.29, 0.717) is 5.65 Å². The maximum absolute atomic E-state index is 11.6. The van der Waals surface area contributed by atoms with E-state index in [0.717, 1.165) is 8.96 Å². The predicted octanol–water partition coefficient (Wildman–Crippen LogP) is 3.00. The Kier molecular flexibility index (Phi) is 3.47. The Balaban J connectivity index is 2.25. The van der Waals surface area contributed by atoms with Crippen molar-refractivity contribution in [3.8, 4) is 0 Å². The van der Waals surface area contributed by atoms with Crippen LogP contribution in [0.4, 0.5) is 4.79 Å². The molecule has 0 atom stereocenters. The summed E-state index contributed by atoms with van der Waals surface area (Å²) in [5.41, 5.74) is 0.00780. The average molecular weight is 360 g/mol. The Morgan fingerprint density at radius 2 is 2.17 bits per heavy atom. The van der Waals surface area contributed by atoms with E-state index in [4.69, 9.17) is 9.57 Å². The Morgan fingerprint density at radius 1 is 1.44 bits per heavy atom. The van der Waals surface area contributed by atoms with E-state index in [1.807, 2.05) is 12.1 Å². The highest BCUT2D eigenvalue weighted by atomic mass is 127. The molecular formula is C12H13IN2O3. The third-order valence-electron chi connectivity index (χ3n) is 2.05. The van der Waals surface area contributed by atoms with E-state index in [9.17, 15) is 4.79 Å². The summed E-state index contributed by atoms with van der Waals surface area (Å²) < 4.78 is 7.37. The molecular weight excluding hydrogens is 347 g/mol. The summed E-state index contributed by atoms with van der Waals surface area (Å²) in [6.07, 6.45) is 2.59. The van der Waals surface area contributed by atoms with Crippen LogP contribution in [0.2, 0.25) is 0 Å². The summed E-state index contributed by atoms with van der Waals surface area (Å²) in [6.45, 7) is 5.35. The second-order valence-electron chi connectivity index (χ2n) is 4.73. The third-order valence-corrected chi connectivity index (χ3v) is 2.91. The Bertz CT molecular complexity index is 587. The maximum atomic E-state index is 11.6. The third kappa shape index (κ3) is 2.92. The molecule has 0 saturated carbocycles. The number of pyridine rings is 1. The number of hydrogen-bond acceptors (Lipinski definition) is 4. The summed E-state index contributed by atoms with van der Waals surface area (Å²) in [4.78, 5) is 20.9. The van der Waals surface area contributed by atoms with Gasteiger partial charge in [0.05, 0.1) is 6.20 Å². The predicted molar refractivity (Wildman–Crippen MR) is 75.3 cm³/mol. The first-order valence-electron chi connectivity index (χ1n) is 5.40. The van der Waals surface area contributed by atoms with E-state index in [1.54, 1.807) is 33.2 Å². The average Bonchev–Trinajstić information content (AvgIpc) is 2.54. The van der Waals surface area contributed by atoms with Gasteiger partial charge in [0.15, 0.2) is 5.65 Å². The van der Waals surface area contributed by atoms with Crippen LogP contribution < -0.4 is 4.84 Å². The minimum atomic E-state index is -0.749. The van der Waals surface area contributed by atoms with Gasteiger partial charge in [-0.2, -0.15) is 4.73 Å². The highest BCUT2D eigenvalue weighted by Crippen LogP contribution is 2.20. The van der Waals surface area contributed by atoms with Gasteiger partial charge in [-0.1, -0.05) is 0 Å². The van der Waals surface area contributed by atoms with E-state index >= 15 is 0 Å². The first kappa shape index (κ1) is 13.1. The molecule has 0 aromatic carbocycles. The zero-order valence-electron chi connectivity index (χ0n) is 10.3. The highest BCUT2D eigenvalue weighted by Gasteiger charge is 2.19. The fourth-order valence-corrected chi connectivity index (χ4v) is 2.09. The molecule has 0 unspecified atom stereocenters. The van der Waals surface area contributed by atoms with Gasteiger partial charge < -0.3 is 4.74 Å². The van der Waals surface area contributed by atoms with Gasteiger partial charge >= 0.3 is 6.16 Å². The summed E-state index contributed by atoms with van der Waals surface area (Å²) in [5.74, 6) is 0. The van der Waals surface area contributed by atoms with Crippen molar-refractivity contribution >= 4 is 39.8 Å². The number of carbonyl (C=O) groups is 1. The number of fused-ring (bicyclic) bond motifs is 1. The van der Waals surface area contributed by atoms with Crippen LogP contribution in [0, 0.1) is 3.57 Å². The van der Waals surface area contributed by atoms with Crippen molar-refractivity contribution in [3.63, 3.8) is 0 Å². The maximum Gasteiger partial charge on any atom is 0.534 e. The number of rotatable bonds is 1. The minimum Gasteiger partial charge on any atom is -0.427 e. The molecule has 0 aliphatic heterocycles. The number of ether oxygens (including phenoxy) is 1. The molecule has 2 aromatic rings. The van der Waals surface area contributed by atoms with Crippen LogP contribution in [0.1, 0.15) is 20.8 Å². The second kappa shape index (κ2) is 4.75. The molecule has 0 spiro atoms. The number of carbonyl (C=O) groups excluding carboxylic acids is 1. The minimum absolute atomic E-state index is 0.583. The molecule has 0 radical (unpaired) electrons. The van der Waals surface area contributed by atoms with Crippen molar-refractivity contribution < 1.29 is 14.4 Å². The zero-order chi connectivity index (χ0) is 13.3. The Morgan fingerprint density at radius 3 is 2.83 bits per heavy atom. The van der Waals surface area contributed by atoms with Gasteiger partial charge in [-0.15, -0.1) is 0 Å². The number of nitrogens with zero attached hydrogens (tertiary/aromatic N) is 2. The molecule has 18 heavy (non-hydrogen) atoms. The largest absolute Gasteiger partial charge is 0.534 e. The lowest BCUT2D eigenvalue weighted by molar-refractivity contribution is -0.00902. The summed E-state index contributed by atoms with van der Waals surface area (Å²) in [5, 5.41) is 0.932. The van der Waals surface area contributed by atoms with E-state index in [2.05, 4.69) is 27.6 Å². The molecule has 0 aliphatic rings. The Hall–Kier alpha value is -1.31. The van der Waals surface area contributed by atoms with Gasteiger partial charge in [0, 0.05) is 15.2 Å². The lowest BCUT2D eigenvalue weighted by Crippen LogP contribution is -2.29. The van der Waals surface area contributed by atoms with Crippen molar-refractivity contribution in [2.45, 2.75) is 26.4 Å². The van der Waals surface area contributed by atoms with Gasteiger partial charge in [0.2, 0.25) is 0 Å². The summed E-state index contributed by atoms with van der Waals surface area (Å²) >= 11 is 2.16. The number of aromatic nitrogens is 2. The first-order valence-corrected chi connectivity index (χ1v) is 6.47. The molecule has 0 amide bonds. The molecule has 0 aliphatic carbocycles.